The molecule has 0 aromatic heterocycles. The van der Waals surface area contributed by atoms with E-state index >= 15 is 0 Å². The first-order valence-electron chi connectivity index (χ1n) is 15.6. The van der Waals surface area contributed by atoms with E-state index < -0.39 is 47.2 Å². The summed E-state index contributed by atoms with van der Waals surface area (Å²) in [7, 11) is 0. The van der Waals surface area contributed by atoms with E-state index in [0.717, 1.165) is 12.8 Å². The van der Waals surface area contributed by atoms with Gasteiger partial charge in [-0.1, -0.05) is 73.0 Å². The normalized spacial score (nSPS) is 21.8. The molecule has 10 heteroatoms. The molecule has 0 unspecified atom stereocenters. The molecule has 46 heavy (non-hydrogen) atoms. The fraction of sp³-hybridized carbons (Fsp3) is 0.417. The van der Waals surface area contributed by atoms with Crippen molar-refractivity contribution >= 4 is 29.4 Å². The zero-order valence-corrected chi connectivity index (χ0v) is 26.9. The number of hydrogen-bond donors (Lipinski definition) is 2. The topological polar surface area (TPSA) is 95.9 Å². The Morgan fingerprint density at radius 1 is 1.00 bits per heavy atom. The molecule has 0 bridgehead atoms. The summed E-state index contributed by atoms with van der Waals surface area (Å²) in [5.41, 5.74) is 0.630. The Labute approximate surface area is 272 Å². The molecule has 4 atom stereocenters. The van der Waals surface area contributed by atoms with Crippen molar-refractivity contribution in [3.8, 4) is 0 Å². The van der Waals surface area contributed by atoms with E-state index in [-0.39, 0.29) is 24.8 Å². The van der Waals surface area contributed by atoms with Gasteiger partial charge in [-0.05, 0) is 81.0 Å². The highest BCUT2D eigenvalue weighted by atomic mass is 35.5. The number of ether oxygens (including phenoxy) is 1. The lowest BCUT2D eigenvalue weighted by Crippen LogP contribution is -2.55. The second kappa shape index (κ2) is 13.5. The molecule has 1 saturated carbocycles. The van der Waals surface area contributed by atoms with E-state index in [1.54, 1.807) is 59.5 Å². The summed E-state index contributed by atoms with van der Waals surface area (Å²) in [6, 6.07) is 18.4. The van der Waals surface area contributed by atoms with Crippen molar-refractivity contribution in [2.75, 3.05) is 6.54 Å². The third-order valence-electron chi connectivity index (χ3n) is 8.58. The van der Waals surface area contributed by atoms with Gasteiger partial charge in [-0.2, -0.15) is 8.78 Å². The number of aliphatic hydroxyl groups is 1. The predicted octanol–water partition coefficient (Wildman–Crippen LogP) is 6.72. The van der Waals surface area contributed by atoms with Crippen molar-refractivity contribution in [3.63, 3.8) is 0 Å². The Bertz CT molecular complexity index is 1590. The summed E-state index contributed by atoms with van der Waals surface area (Å²) in [5, 5.41) is 14.5. The summed E-state index contributed by atoms with van der Waals surface area (Å²) >= 11 is 6.21. The van der Waals surface area contributed by atoms with Gasteiger partial charge in [0.1, 0.15) is 5.60 Å². The van der Waals surface area contributed by atoms with Crippen LogP contribution < -0.4 is 5.32 Å². The molecule has 5 rings (SSSR count). The third kappa shape index (κ3) is 7.10. The zero-order valence-electron chi connectivity index (χ0n) is 26.1. The van der Waals surface area contributed by atoms with Gasteiger partial charge in [0, 0.05) is 22.7 Å². The predicted molar refractivity (Wildman–Crippen MR) is 171 cm³/mol. The number of halogens is 3. The molecule has 2 N–H and O–H groups in total. The van der Waals surface area contributed by atoms with Crippen molar-refractivity contribution in [1.29, 1.82) is 0 Å². The molecule has 0 radical (unpaired) electrons. The Kier molecular flexibility index (Phi) is 9.84. The third-order valence-corrected chi connectivity index (χ3v) is 8.83. The zero-order chi connectivity index (χ0) is 33.2. The number of carbonyl (C=O) groups is 3. The standard InChI is InChI=1S/C36H39ClF2N2O5/c1-35(2,3)46-34(45)36(38,39)24-10-8-9-22(21-24)19-20-40-32(43)30-26-11-4-5-12-27(26)33(44)41(28-13-6-7-14-29(28)42)31(30)23-15-17-25(37)18-16-23/h4-5,8-12,15-18,21,28-31,42H,6-7,13-14,19-20H2,1-3H3,(H,40,43)/t28-,29-,30+,31-/m0/s1. The summed E-state index contributed by atoms with van der Waals surface area (Å²) in [6.07, 6.45) is 2.37. The highest BCUT2D eigenvalue weighted by Gasteiger charge is 2.48. The van der Waals surface area contributed by atoms with Crippen molar-refractivity contribution in [3.05, 3.63) is 106 Å². The lowest BCUT2D eigenvalue weighted by Gasteiger charge is -2.48. The number of carbonyl (C=O) groups excluding carboxylic acids is 3. The van der Waals surface area contributed by atoms with Crippen molar-refractivity contribution in [2.45, 2.75) is 88.5 Å². The summed E-state index contributed by atoms with van der Waals surface area (Å²) < 4.78 is 34.9. The minimum Gasteiger partial charge on any atom is -0.455 e. The van der Waals surface area contributed by atoms with Crippen LogP contribution in [0.4, 0.5) is 8.78 Å². The Morgan fingerprint density at radius 2 is 1.70 bits per heavy atom. The Balaban J connectivity index is 1.42. The number of fused-ring (bicyclic) bond motifs is 1. The first-order valence-corrected chi connectivity index (χ1v) is 16.0. The van der Waals surface area contributed by atoms with Crippen LogP contribution in [0.25, 0.3) is 0 Å². The van der Waals surface area contributed by atoms with Gasteiger partial charge < -0.3 is 20.1 Å². The summed E-state index contributed by atoms with van der Waals surface area (Å²) in [6.45, 7) is 4.68. The van der Waals surface area contributed by atoms with Crippen LogP contribution in [0, 0.1) is 0 Å². The van der Waals surface area contributed by atoms with Crippen LogP contribution in [0.2, 0.25) is 5.02 Å². The first-order chi connectivity index (χ1) is 21.8. The monoisotopic (exact) mass is 652 g/mol. The maximum absolute atomic E-state index is 15.0. The fourth-order valence-corrected chi connectivity index (χ4v) is 6.58. The number of rotatable bonds is 8. The van der Waals surface area contributed by atoms with Crippen LogP contribution in [-0.4, -0.2) is 52.1 Å². The lowest BCUT2D eigenvalue weighted by molar-refractivity contribution is -0.185. The van der Waals surface area contributed by atoms with E-state index in [4.69, 9.17) is 16.3 Å². The van der Waals surface area contributed by atoms with E-state index in [1.165, 1.54) is 39.0 Å². The summed E-state index contributed by atoms with van der Waals surface area (Å²) in [4.78, 5) is 42.2. The SMILES string of the molecule is CC(C)(C)OC(=O)C(F)(F)c1cccc(CCNC(=O)[C@@H]2c3ccccc3C(=O)N([C@H]3CCCC[C@@H]3O)[C@H]2c2ccc(Cl)cc2)c1. The molecule has 0 saturated heterocycles. The van der Waals surface area contributed by atoms with Gasteiger partial charge in [0.15, 0.2) is 0 Å². The molecule has 1 heterocycles. The van der Waals surface area contributed by atoms with Crippen LogP contribution in [0.15, 0.2) is 72.8 Å². The maximum atomic E-state index is 15.0. The van der Waals surface area contributed by atoms with E-state index in [0.29, 0.717) is 40.1 Å². The van der Waals surface area contributed by atoms with Gasteiger partial charge in [0.25, 0.3) is 5.91 Å². The highest BCUT2D eigenvalue weighted by molar-refractivity contribution is 6.30. The van der Waals surface area contributed by atoms with Crippen molar-refractivity contribution in [1.82, 2.24) is 10.2 Å². The molecule has 3 aromatic rings. The van der Waals surface area contributed by atoms with Gasteiger partial charge in [-0.3, -0.25) is 9.59 Å². The number of amides is 2. The number of hydrogen-bond acceptors (Lipinski definition) is 5. The molecule has 3 aromatic carbocycles. The van der Waals surface area contributed by atoms with E-state index in [2.05, 4.69) is 5.32 Å². The van der Waals surface area contributed by atoms with Gasteiger partial charge in [-0.15, -0.1) is 0 Å². The molecular formula is C36H39ClF2N2O5. The van der Waals surface area contributed by atoms with Crippen molar-refractivity contribution < 1.29 is 33.0 Å². The van der Waals surface area contributed by atoms with Gasteiger partial charge >= 0.3 is 11.9 Å². The molecule has 2 aliphatic rings. The van der Waals surface area contributed by atoms with Gasteiger partial charge in [-0.25, -0.2) is 4.79 Å². The number of nitrogens with one attached hydrogen (secondary N) is 1. The van der Waals surface area contributed by atoms with E-state index in [9.17, 15) is 28.3 Å². The minimum absolute atomic E-state index is 0.117. The Morgan fingerprint density at radius 3 is 2.39 bits per heavy atom. The molecule has 1 aliphatic carbocycles. The second-order valence-electron chi connectivity index (χ2n) is 13.0. The summed E-state index contributed by atoms with van der Waals surface area (Å²) in [5.74, 6) is -6.87. The number of esters is 1. The number of aliphatic hydroxyl groups excluding tert-OH is 1. The van der Waals surface area contributed by atoms with Gasteiger partial charge in [0.2, 0.25) is 5.91 Å². The molecule has 7 nitrogen and oxygen atoms in total. The average molecular weight is 653 g/mol. The quantitative estimate of drug-likeness (QED) is 0.264. The minimum atomic E-state index is -3.84. The number of alkyl halides is 2. The van der Waals surface area contributed by atoms with Crippen LogP contribution in [0.3, 0.4) is 0 Å². The van der Waals surface area contributed by atoms with Crippen LogP contribution >= 0.6 is 11.6 Å². The number of benzene rings is 3. The van der Waals surface area contributed by atoms with Crippen molar-refractivity contribution in [2.24, 2.45) is 0 Å². The first kappa shape index (κ1) is 33.5. The molecular weight excluding hydrogens is 614 g/mol. The van der Waals surface area contributed by atoms with Gasteiger partial charge in [0.05, 0.1) is 24.1 Å². The number of nitrogens with zero attached hydrogens (tertiary/aromatic N) is 1. The second-order valence-corrected chi connectivity index (χ2v) is 13.4. The molecule has 1 aliphatic heterocycles. The molecule has 1 fully saturated rings. The fourth-order valence-electron chi connectivity index (χ4n) is 6.45. The molecule has 0 spiro atoms. The maximum Gasteiger partial charge on any atom is 0.382 e. The molecule has 2 amide bonds. The van der Waals surface area contributed by atoms with Crippen LogP contribution in [-0.2, 0) is 26.7 Å². The van der Waals surface area contributed by atoms with Crippen LogP contribution in [0.5, 0.6) is 0 Å². The highest BCUT2D eigenvalue weighted by Crippen LogP contribution is 2.46. The van der Waals surface area contributed by atoms with Crippen LogP contribution in [0.1, 0.15) is 91.0 Å². The largest absolute Gasteiger partial charge is 0.455 e. The average Bonchev–Trinajstić information content (AvgIpc) is 3.01. The lowest BCUT2D eigenvalue weighted by atomic mass is 9.76. The molecule has 244 valence electrons. The van der Waals surface area contributed by atoms with E-state index in [1.807, 2.05) is 0 Å². The smallest absolute Gasteiger partial charge is 0.382 e. The Hall–Kier alpha value is -3.82.